The minimum absolute atomic E-state index is 0.166. The van der Waals surface area contributed by atoms with Crippen LogP contribution in [0.2, 0.25) is 0 Å². The zero-order chi connectivity index (χ0) is 14.8. The van der Waals surface area contributed by atoms with E-state index in [1.165, 1.54) is 18.2 Å². The van der Waals surface area contributed by atoms with Crippen LogP contribution in [0, 0.1) is 17.5 Å². The summed E-state index contributed by atoms with van der Waals surface area (Å²) in [7, 11) is 0. The Bertz CT molecular complexity index is 592. The molecule has 0 bridgehead atoms. The van der Waals surface area contributed by atoms with Crippen molar-refractivity contribution in [2.75, 3.05) is 0 Å². The summed E-state index contributed by atoms with van der Waals surface area (Å²) in [6.45, 7) is 1.82. The SMILES string of the molecule is CCC(N)(Cc1cc(F)cc(F)c1)c1ccccc1F. The molecule has 0 aliphatic heterocycles. The van der Waals surface area contributed by atoms with Crippen LogP contribution < -0.4 is 5.73 Å². The first kappa shape index (κ1) is 14.6. The topological polar surface area (TPSA) is 26.0 Å². The lowest BCUT2D eigenvalue weighted by atomic mass is 9.82. The molecule has 1 nitrogen and oxygen atoms in total. The van der Waals surface area contributed by atoms with Crippen LogP contribution in [-0.2, 0) is 12.0 Å². The Morgan fingerprint density at radius 3 is 2.15 bits per heavy atom. The lowest BCUT2D eigenvalue weighted by Gasteiger charge is -2.29. The van der Waals surface area contributed by atoms with Crippen LogP contribution in [0.4, 0.5) is 13.2 Å². The minimum atomic E-state index is -0.994. The van der Waals surface area contributed by atoms with E-state index in [1.54, 1.807) is 18.2 Å². The fourth-order valence-electron chi connectivity index (χ4n) is 2.35. The molecule has 0 saturated carbocycles. The normalized spacial score (nSPS) is 14.1. The largest absolute Gasteiger partial charge is 0.321 e. The van der Waals surface area contributed by atoms with Gasteiger partial charge in [-0.3, -0.25) is 0 Å². The fourth-order valence-corrected chi connectivity index (χ4v) is 2.35. The van der Waals surface area contributed by atoms with Crippen LogP contribution in [0.1, 0.15) is 24.5 Å². The molecule has 1 atom stereocenters. The van der Waals surface area contributed by atoms with Gasteiger partial charge in [-0.25, -0.2) is 13.2 Å². The van der Waals surface area contributed by atoms with E-state index in [4.69, 9.17) is 5.73 Å². The Labute approximate surface area is 116 Å². The van der Waals surface area contributed by atoms with Gasteiger partial charge in [0.1, 0.15) is 17.5 Å². The average molecular weight is 279 g/mol. The van der Waals surface area contributed by atoms with Crippen LogP contribution in [0.25, 0.3) is 0 Å². The predicted molar refractivity (Wildman–Crippen MR) is 72.6 cm³/mol. The first-order valence-electron chi connectivity index (χ1n) is 6.43. The highest BCUT2D eigenvalue weighted by atomic mass is 19.1. The third-order valence-electron chi connectivity index (χ3n) is 3.48. The Morgan fingerprint density at radius 2 is 1.60 bits per heavy atom. The zero-order valence-electron chi connectivity index (χ0n) is 11.2. The second-order valence-electron chi connectivity index (χ2n) is 4.94. The van der Waals surface area contributed by atoms with Gasteiger partial charge in [0.2, 0.25) is 0 Å². The van der Waals surface area contributed by atoms with E-state index in [-0.39, 0.29) is 6.42 Å². The second kappa shape index (κ2) is 5.67. The first-order valence-corrected chi connectivity index (χ1v) is 6.43. The van der Waals surface area contributed by atoms with Gasteiger partial charge >= 0.3 is 0 Å². The number of nitrogens with two attached hydrogens (primary N) is 1. The Kier molecular flexibility index (Phi) is 4.14. The molecule has 20 heavy (non-hydrogen) atoms. The molecule has 0 aliphatic rings. The number of benzene rings is 2. The van der Waals surface area contributed by atoms with Gasteiger partial charge in [0, 0.05) is 17.2 Å². The Morgan fingerprint density at radius 1 is 1.00 bits per heavy atom. The maximum absolute atomic E-state index is 13.9. The van der Waals surface area contributed by atoms with Gasteiger partial charge in [-0.1, -0.05) is 25.1 Å². The van der Waals surface area contributed by atoms with Gasteiger partial charge in [0.05, 0.1) is 0 Å². The molecule has 4 heteroatoms. The third-order valence-corrected chi connectivity index (χ3v) is 3.48. The van der Waals surface area contributed by atoms with Crippen LogP contribution in [0.5, 0.6) is 0 Å². The van der Waals surface area contributed by atoms with Crippen molar-refractivity contribution in [3.05, 3.63) is 71.0 Å². The molecule has 0 amide bonds. The lowest BCUT2D eigenvalue weighted by Crippen LogP contribution is -2.39. The molecule has 106 valence electrons. The summed E-state index contributed by atoms with van der Waals surface area (Å²) in [6.07, 6.45) is 0.616. The third kappa shape index (κ3) is 3.02. The molecule has 0 spiro atoms. The van der Waals surface area contributed by atoms with Crippen molar-refractivity contribution >= 4 is 0 Å². The zero-order valence-corrected chi connectivity index (χ0v) is 11.2. The summed E-state index contributed by atoms with van der Waals surface area (Å²) in [6, 6.07) is 9.46. The summed E-state index contributed by atoms with van der Waals surface area (Å²) < 4.78 is 40.4. The maximum Gasteiger partial charge on any atom is 0.128 e. The monoisotopic (exact) mass is 279 g/mol. The Balaban J connectivity index is 2.39. The van der Waals surface area contributed by atoms with Crippen LogP contribution >= 0.6 is 0 Å². The van der Waals surface area contributed by atoms with Crippen molar-refractivity contribution in [1.82, 2.24) is 0 Å². The summed E-state index contributed by atoms with van der Waals surface area (Å²) in [5.74, 6) is -1.73. The highest BCUT2D eigenvalue weighted by molar-refractivity contribution is 5.30. The molecule has 0 aromatic heterocycles. The van der Waals surface area contributed by atoms with E-state index >= 15 is 0 Å². The van der Waals surface area contributed by atoms with Gasteiger partial charge in [0.15, 0.2) is 0 Å². The van der Waals surface area contributed by atoms with Crippen molar-refractivity contribution in [2.24, 2.45) is 5.73 Å². The molecule has 2 N–H and O–H groups in total. The first-order chi connectivity index (χ1) is 9.44. The maximum atomic E-state index is 13.9. The van der Waals surface area contributed by atoms with Gasteiger partial charge in [-0.2, -0.15) is 0 Å². The van der Waals surface area contributed by atoms with E-state index in [2.05, 4.69) is 0 Å². The van der Waals surface area contributed by atoms with Crippen LogP contribution in [-0.4, -0.2) is 0 Å². The summed E-state index contributed by atoms with van der Waals surface area (Å²) >= 11 is 0. The molecule has 0 saturated heterocycles. The molecule has 2 aromatic rings. The predicted octanol–water partition coefficient (Wildman–Crippen LogP) is 3.91. The van der Waals surface area contributed by atoms with Crippen molar-refractivity contribution in [2.45, 2.75) is 25.3 Å². The molecule has 0 radical (unpaired) electrons. The van der Waals surface area contributed by atoms with E-state index in [1.807, 2.05) is 6.92 Å². The van der Waals surface area contributed by atoms with Crippen molar-refractivity contribution in [1.29, 1.82) is 0 Å². The average Bonchev–Trinajstić information content (AvgIpc) is 2.37. The summed E-state index contributed by atoms with van der Waals surface area (Å²) in [4.78, 5) is 0. The fraction of sp³-hybridized carbons (Fsp3) is 0.250. The van der Waals surface area contributed by atoms with Gasteiger partial charge in [0.25, 0.3) is 0 Å². The smallest absolute Gasteiger partial charge is 0.128 e. The molecule has 0 aliphatic carbocycles. The van der Waals surface area contributed by atoms with E-state index in [9.17, 15) is 13.2 Å². The van der Waals surface area contributed by atoms with E-state index in [0.29, 0.717) is 17.5 Å². The highest BCUT2D eigenvalue weighted by Gasteiger charge is 2.28. The summed E-state index contributed by atoms with van der Waals surface area (Å²) in [5, 5.41) is 0. The molecule has 1 unspecified atom stereocenters. The molecule has 2 rings (SSSR count). The number of rotatable bonds is 4. The molecule has 2 aromatic carbocycles. The van der Waals surface area contributed by atoms with E-state index < -0.39 is 23.0 Å². The molecule has 0 heterocycles. The second-order valence-corrected chi connectivity index (χ2v) is 4.94. The van der Waals surface area contributed by atoms with Crippen molar-refractivity contribution in [3.63, 3.8) is 0 Å². The molecular weight excluding hydrogens is 263 g/mol. The number of hydrogen-bond donors (Lipinski definition) is 1. The highest BCUT2D eigenvalue weighted by Crippen LogP contribution is 2.29. The number of halogens is 3. The van der Waals surface area contributed by atoms with Crippen molar-refractivity contribution in [3.8, 4) is 0 Å². The van der Waals surface area contributed by atoms with E-state index in [0.717, 1.165) is 6.07 Å². The Hall–Kier alpha value is -1.81. The lowest BCUT2D eigenvalue weighted by molar-refractivity contribution is 0.401. The molecular formula is C16H16F3N. The van der Waals surface area contributed by atoms with Crippen LogP contribution in [0.15, 0.2) is 42.5 Å². The number of hydrogen-bond acceptors (Lipinski definition) is 1. The standard InChI is InChI=1S/C16H16F3N/c1-2-16(20,14-5-3-4-6-15(14)19)10-11-7-12(17)9-13(18)8-11/h3-9H,2,10,20H2,1H3. The van der Waals surface area contributed by atoms with Crippen LogP contribution in [0.3, 0.4) is 0 Å². The van der Waals surface area contributed by atoms with Crippen molar-refractivity contribution < 1.29 is 13.2 Å². The summed E-state index contributed by atoms with van der Waals surface area (Å²) in [5.41, 5.74) is 6.04. The van der Waals surface area contributed by atoms with Gasteiger partial charge in [-0.15, -0.1) is 0 Å². The minimum Gasteiger partial charge on any atom is -0.321 e. The van der Waals surface area contributed by atoms with Gasteiger partial charge in [-0.05, 0) is 36.6 Å². The van der Waals surface area contributed by atoms with Gasteiger partial charge < -0.3 is 5.73 Å². The quantitative estimate of drug-likeness (QED) is 0.902. The molecule has 0 fully saturated rings.